The van der Waals surface area contributed by atoms with Crippen molar-refractivity contribution in [1.29, 1.82) is 0 Å². The van der Waals surface area contributed by atoms with Crippen molar-refractivity contribution in [3.63, 3.8) is 0 Å². The Labute approximate surface area is 119 Å². The van der Waals surface area contributed by atoms with Gasteiger partial charge in [-0.1, -0.05) is 6.92 Å². The van der Waals surface area contributed by atoms with Crippen molar-refractivity contribution in [3.05, 3.63) is 11.3 Å². The molecule has 5 heteroatoms. The molecule has 20 heavy (non-hydrogen) atoms. The zero-order valence-corrected chi connectivity index (χ0v) is 12.2. The number of rotatable bonds is 2. The van der Waals surface area contributed by atoms with Gasteiger partial charge in [-0.05, 0) is 45.2 Å². The van der Waals surface area contributed by atoms with Gasteiger partial charge in [0, 0.05) is 6.54 Å². The number of piperidine rings is 1. The summed E-state index contributed by atoms with van der Waals surface area (Å²) in [6.07, 6.45) is 2.99. The van der Waals surface area contributed by atoms with E-state index in [-0.39, 0.29) is 23.9 Å². The van der Waals surface area contributed by atoms with Gasteiger partial charge < -0.3 is 15.0 Å². The summed E-state index contributed by atoms with van der Waals surface area (Å²) in [5.74, 6) is 0.334. The van der Waals surface area contributed by atoms with Crippen LogP contribution >= 0.6 is 0 Å². The number of carbonyl (C=O) groups is 2. The Bertz CT molecular complexity index is 480. The van der Waals surface area contributed by atoms with Gasteiger partial charge in [0.2, 0.25) is 5.91 Å². The molecular weight excluding hydrogens is 256 g/mol. The molecule has 3 rings (SSSR count). The van der Waals surface area contributed by atoms with Crippen LogP contribution < -0.4 is 5.32 Å². The molecule has 0 bridgehead atoms. The maximum atomic E-state index is 12.9. The van der Waals surface area contributed by atoms with Crippen molar-refractivity contribution in [2.24, 2.45) is 11.3 Å². The first-order chi connectivity index (χ1) is 9.54. The average molecular weight is 278 g/mol. The van der Waals surface area contributed by atoms with Gasteiger partial charge in [-0.3, -0.25) is 4.79 Å². The number of likely N-dealkylation sites (tertiary alicyclic amines) is 1. The van der Waals surface area contributed by atoms with Gasteiger partial charge in [-0.15, -0.1) is 0 Å². The molecule has 0 unspecified atom stereocenters. The number of esters is 1. The van der Waals surface area contributed by atoms with Crippen LogP contribution in [0.15, 0.2) is 11.3 Å². The fourth-order valence-electron chi connectivity index (χ4n) is 3.70. The highest BCUT2D eigenvalue weighted by molar-refractivity contribution is 5.94. The largest absolute Gasteiger partial charge is 0.456 e. The second-order valence-corrected chi connectivity index (χ2v) is 6.30. The molecule has 0 radical (unpaired) electrons. The number of nitrogens with zero attached hydrogens (tertiary/aromatic N) is 1. The summed E-state index contributed by atoms with van der Waals surface area (Å²) < 4.78 is 5.04. The number of ether oxygens (including phenoxy) is 1. The quantitative estimate of drug-likeness (QED) is 0.767. The average Bonchev–Trinajstić information content (AvgIpc) is 2.95. The number of carbonyl (C=O) groups excluding carboxylic acids is 2. The molecule has 0 aliphatic carbocycles. The van der Waals surface area contributed by atoms with E-state index in [9.17, 15) is 9.59 Å². The van der Waals surface area contributed by atoms with Gasteiger partial charge in [0.05, 0.1) is 16.7 Å². The highest BCUT2D eigenvalue weighted by atomic mass is 16.5. The Morgan fingerprint density at radius 1 is 1.30 bits per heavy atom. The van der Waals surface area contributed by atoms with Gasteiger partial charge in [-0.2, -0.15) is 0 Å². The zero-order valence-electron chi connectivity index (χ0n) is 12.2. The van der Waals surface area contributed by atoms with E-state index in [1.54, 1.807) is 11.8 Å². The molecule has 0 aromatic heterocycles. The number of cyclic esters (lactones) is 1. The first-order valence-electron chi connectivity index (χ1n) is 7.43. The van der Waals surface area contributed by atoms with Gasteiger partial charge in [0.15, 0.2) is 0 Å². The van der Waals surface area contributed by atoms with E-state index in [0.29, 0.717) is 18.0 Å². The van der Waals surface area contributed by atoms with Crippen LogP contribution in [0.2, 0.25) is 0 Å². The van der Waals surface area contributed by atoms with E-state index in [1.165, 1.54) is 0 Å². The minimum Gasteiger partial charge on any atom is -0.456 e. The van der Waals surface area contributed by atoms with Crippen LogP contribution in [0.1, 0.15) is 33.1 Å². The molecule has 0 aromatic rings. The van der Waals surface area contributed by atoms with E-state index < -0.39 is 0 Å². The fourth-order valence-corrected chi connectivity index (χ4v) is 3.70. The summed E-state index contributed by atoms with van der Waals surface area (Å²) in [6.45, 7) is 6.80. The Balaban J connectivity index is 1.82. The number of hydrogen-bond donors (Lipinski definition) is 1. The highest BCUT2D eigenvalue weighted by Crippen LogP contribution is 2.44. The Morgan fingerprint density at radius 3 is 2.60 bits per heavy atom. The van der Waals surface area contributed by atoms with Crippen LogP contribution in [0, 0.1) is 11.3 Å². The maximum Gasteiger partial charge on any atom is 0.336 e. The highest BCUT2D eigenvalue weighted by Gasteiger charge is 2.50. The summed E-state index contributed by atoms with van der Waals surface area (Å²) in [5.41, 5.74) is 1.09. The number of nitrogens with one attached hydrogen (secondary N) is 1. The van der Waals surface area contributed by atoms with Crippen molar-refractivity contribution < 1.29 is 14.3 Å². The molecule has 1 atom stereocenters. The smallest absolute Gasteiger partial charge is 0.336 e. The summed E-state index contributed by atoms with van der Waals surface area (Å²) in [4.78, 5) is 26.1. The predicted molar refractivity (Wildman–Crippen MR) is 73.7 cm³/mol. The van der Waals surface area contributed by atoms with Crippen molar-refractivity contribution in [1.82, 2.24) is 10.2 Å². The Kier molecular flexibility index (Phi) is 3.32. The van der Waals surface area contributed by atoms with E-state index >= 15 is 0 Å². The fraction of sp³-hybridized carbons (Fsp3) is 0.733. The molecule has 1 amide bonds. The first kappa shape index (κ1) is 13.6. The lowest BCUT2D eigenvalue weighted by Crippen LogP contribution is -2.42. The van der Waals surface area contributed by atoms with Gasteiger partial charge >= 0.3 is 5.97 Å². The van der Waals surface area contributed by atoms with Crippen LogP contribution in [-0.4, -0.2) is 43.0 Å². The maximum absolute atomic E-state index is 12.9. The van der Waals surface area contributed by atoms with Crippen LogP contribution in [0.4, 0.5) is 0 Å². The van der Waals surface area contributed by atoms with Crippen molar-refractivity contribution in [2.75, 3.05) is 26.2 Å². The van der Waals surface area contributed by atoms with Crippen molar-refractivity contribution in [2.45, 2.75) is 33.1 Å². The topological polar surface area (TPSA) is 58.6 Å². The van der Waals surface area contributed by atoms with Crippen LogP contribution in [0.5, 0.6) is 0 Å². The Hall–Kier alpha value is -1.36. The molecule has 3 aliphatic rings. The number of hydrogen-bond acceptors (Lipinski definition) is 4. The minimum absolute atomic E-state index is 0.178. The van der Waals surface area contributed by atoms with Crippen molar-refractivity contribution in [3.8, 4) is 0 Å². The standard InChI is InChI=1S/C15H22N2O3/c1-10-12(9-20-13(10)18)17-8-5-15(2,14(17)19)11-3-6-16-7-4-11/h11,16H,3-9H2,1-2H3/t15-/m1/s1. The summed E-state index contributed by atoms with van der Waals surface area (Å²) >= 11 is 0. The molecule has 0 spiro atoms. The first-order valence-corrected chi connectivity index (χ1v) is 7.43. The molecule has 3 heterocycles. The molecule has 3 aliphatic heterocycles. The van der Waals surface area contributed by atoms with E-state index in [0.717, 1.165) is 38.0 Å². The third kappa shape index (κ3) is 1.95. The molecule has 2 saturated heterocycles. The lowest BCUT2D eigenvalue weighted by Gasteiger charge is -2.35. The van der Waals surface area contributed by atoms with Gasteiger partial charge in [0.1, 0.15) is 6.61 Å². The van der Waals surface area contributed by atoms with Gasteiger partial charge in [0.25, 0.3) is 0 Å². The third-order valence-corrected chi connectivity index (χ3v) is 5.23. The van der Waals surface area contributed by atoms with Crippen LogP contribution in [-0.2, 0) is 14.3 Å². The summed E-state index contributed by atoms with van der Waals surface area (Å²) in [7, 11) is 0. The summed E-state index contributed by atoms with van der Waals surface area (Å²) in [6, 6.07) is 0. The lowest BCUT2D eigenvalue weighted by atomic mass is 9.71. The molecule has 0 saturated carbocycles. The second kappa shape index (κ2) is 4.88. The lowest BCUT2D eigenvalue weighted by molar-refractivity contribution is -0.138. The zero-order chi connectivity index (χ0) is 14.3. The molecule has 1 N–H and O–H groups in total. The molecule has 110 valence electrons. The second-order valence-electron chi connectivity index (χ2n) is 6.30. The summed E-state index contributed by atoms with van der Waals surface area (Å²) in [5, 5.41) is 3.35. The molecule has 0 aromatic carbocycles. The van der Waals surface area contributed by atoms with Gasteiger partial charge in [-0.25, -0.2) is 4.79 Å². The van der Waals surface area contributed by atoms with Crippen molar-refractivity contribution >= 4 is 11.9 Å². The van der Waals surface area contributed by atoms with Crippen LogP contribution in [0.25, 0.3) is 0 Å². The third-order valence-electron chi connectivity index (χ3n) is 5.23. The van der Waals surface area contributed by atoms with E-state index in [2.05, 4.69) is 12.2 Å². The minimum atomic E-state index is -0.289. The molecular formula is C15H22N2O3. The normalized spacial score (nSPS) is 32.2. The molecule has 5 nitrogen and oxygen atoms in total. The van der Waals surface area contributed by atoms with E-state index in [4.69, 9.17) is 4.74 Å². The van der Waals surface area contributed by atoms with Crippen LogP contribution in [0.3, 0.4) is 0 Å². The monoisotopic (exact) mass is 278 g/mol. The van der Waals surface area contributed by atoms with E-state index in [1.807, 2.05) is 0 Å². The SMILES string of the molecule is CC1=C(N2CC[C@](C)(C3CCNCC3)C2=O)COC1=O. The predicted octanol–water partition coefficient (Wildman–Crippen LogP) is 1.06. The number of amides is 1. The Morgan fingerprint density at radius 2 is 2.00 bits per heavy atom. The molecule has 2 fully saturated rings.